The van der Waals surface area contributed by atoms with Gasteiger partial charge in [0.05, 0.1) is 24.5 Å². The van der Waals surface area contributed by atoms with Crippen molar-refractivity contribution in [1.82, 2.24) is 20.6 Å². The molecule has 0 aliphatic rings. The van der Waals surface area contributed by atoms with Crippen LogP contribution in [0.4, 0.5) is 0 Å². The smallest absolute Gasteiger partial charge is 0.351 e. The maximum Gasteiger partial charge on any atom is 2.00 e. The zero-order valence-corrected chi connectivity index (χ0v) is 19.5. The molecule has 2 aromatic heterocycles. The summed E-state index contributed by atoms with van der Waals surface area (Å²) in [5.74, 6) is -0.0636. The van der Waals surface area contributed by atoms with Gasteiger partial charge < -0.3 is 10.6 Å². The minimum atomic E-state index is -4.94. The molecule has 2 rings (SSSR count). The molecule has 0 unspecified atom stereocenters. The van der Waals surface area contributed by atoms with Crippen LogP contribution in [0, 0.1) is 20.5 Å². The first-order chi connectivity index (χ1) is 14.6. The summed E-state index contributed by atoms with van der Waals surface area (Å²) < 4.78 is 67.9. The number of nitrogens with zero attached hydrogens (tertiary/aromatic N) is 2. The molecule has 0 fully saturated rings. The van der Waals surface area contributed by atoms with Crippen molar-refractivity contribution < 1.29 is 84.4 Å². The molecule has 2 aromatic rings. The number of pyridine rings is 2. The number of halogens is 2. The molecule has 1 radical (unpaired) electrons. The summed E-state index contributed by atoms with van der Waals surface area (Å²) in [7, 11) is -9.89. The van der Waals surface area contributed by atoms with Gasteiger partial charge in [-0.05, 0) is 24.3 Å². The number of hydrogen-bond donors (Lipinski definition) is 2. The number of amides is 2. The van der Waals surface area contributed by atoms with Crippen molar-refractivity contribution in [2.75, 3.05) is 0 Å². The van der Waals surface area contributed by atoms with E-state index < -0.39 is 20.5 Å². The average molecular weight is 563 g/mol. The van der Waals surface area contributed by atoms with E-state index in [4.69, 9.17) is 37.3 Å². The van der Waals surface area contributed by atoms with Crippen molar-refractivity contribution in [2.45, 2.75) is 26.9 Å². The van der Waals surface area contributed by atoms with E-state index in [9.17, 15) is 9.59 Å². The Labute approximate surface area is 203 Å². The SMILES string of the molecule is CC(=O)NCc1ccccn1.CC(=O)NCc1ccccn1.[Cu+2].[O-][Cl+3]([O-])([O-])[O-].[O-][Cl+3]([O-])([O-])[O-]. The first kappa shape index (κ1) is 35.6. The van der Waals surface area contributed by atoms with Crippen LogP contribution in [0.2, 0.25) is 0 Å². The summed E-state index contributed by atoms with van der Waals surface area (Å²) in [6, 6.07) is 11.2. The Balaban J connectivity index is -0.000000386. The minimum absolute atomic E-state index is 0. The molecule has 0 saturated carbocycles. The van der Waals surface area contributed by atoms with E-state index in [1.54, 1.807) is 12.4 Å². The molecule has 2 amide bonds. The van der Waals surface area contributed by atoms with Gasteiger partial charge in [-0.2, -0.15) is 0 Å². The molecule has 0 aliphatic carbocycles. The quantitative estimate of drug-likeness (QED) is 0.329. The molecule has 2 heterocycles. The largest absolute Gasteiger partial charge is 2.00 e. The number of carbonyl (C=O) groups excluding carboxylic acids is 2. The van der Waals surface area contributed by atoms with Crippen molar-refractivity contribution in [3.8, 4) is 0 Å². The van der Waals surface area contributed by atoms with Gasteiger partial charge >= 0.3 is 17.1 Å². The first-order valence-electron chi connectivity index (χ1n) is 8.10. The van der Waals surface area contributed by atoms with Crippen molar-refractivity contribution in [3.63, 3.8) is 0 Å². The second-order valence-electron chi connectivity index (χ2n) is 5.22. The molecular formula is C16H20Cl2CuN4O10. The van der Waals surface area contributed by atoms with E-state index in [2.05, 4.69) is 20.6 Å². The van der Waals surface area contributed by atoms with Gasteiger partial charge in [0.1, 0.15) is 0 Å². The van der Waals surface area contributed by atoms with E-state index in [1.807, 2.05) is 36.4 Å². The molecule has 0 aromatic carbocycles. The summed E-state index contributed by atoms with van der Waals surface area (Å²) >= 11 is 0. The standard InChI is InChI=1S/2C8H10N2O.2ClHO4.Cu/c2*1-7(11)10-6-8-4-2-3-5-9-8;2*2-1(3,4)5;/h2*2-5H,6H2,1H3,(H,10,11);2*(H,2,3,4,5);/q;;;;+2/p-2. The van der Waals surface area contributed by atoms with Gasteiger partial charge in [-0.1, -0.05) is 12.1 Å². The predicted molar refractivity (Wildman–Crippen MR) is 83.5 cm³/mol. The zero-order chi connectivity index (χ0) is 25.2. The van der Waals surface area contributed by atoms with E-state index in [0.717, 1.165) is 11.4 Å². The van der Waals surface area contributed by atoms with Crippen molar-refractivity contribution >= 4 is 11.8 Å². The molecule has 14 nitrogen and oxygen atoms in total. The Kier molecular flexibility index (Phi) is 21.0. The van der Waals surface area contributed by atoms with Gasteiger partial charge in [0.25, 0.3) is 0 Å². The van der Waals surface area contributed by atoms with Crippen LogP contribution < -0.4 is 47.9 Å². The van der Waals surface area contributed by atoms with Crippen molar-refractivity contribution in [3.05, 3.63) is 60.2 Å². The maximum atomic E-state index is 10.5. The number of rotatable bonds is 4. The van der Waals surface area contributed by atoms with Crippen LogP contribution in [0.5, 0.6) is 0 Å². The van der Waals surface area contributed by atoms with Crippen molar-refractivity contribution in [1.29, 1.82) is 0 Å². The molecule has 0 aliphatic heterocycles. The van der Waals surface area contributed by atoms with Crippen LogP contribution in [-0.4, -0.2) is 21.8 Å². The summed E-state index contributed by atoms with van der Waals surface area (Å²) in [6.45, 7) is 4.00. The van der Waals surface area contributed by atoms with E-state index >= 15 is 0 Å². The van der Waals surface area contributed by atoms with Gasteiger partial charge in [0, 0.05) is 26.2 Å². The molecular weight excluding hydrogens is 543 g/mol. The third-order valence-electron chi connectivity index (χ3n) is 2.49. The third-order valence-corrected chi connectivity index (χ3v) is 2.49. The van der Waals surface area contributed by atoms with E-state index in [1.165, 1.54) is 13.8 Å². The van der Waals surface area contributed by atoms with Gasteiger partial charge in [0.2, 0.25) is 11.8 Å². The Morgan fingerprint density at radius 2 is 0.970 bits per heavy atom. The minimum Gasteiger partial charge on any atom is -0.351 e. The maximum absolute atomic E-state index is 10.5. The zero-order valence-electron chi connectivity index (χ0n) is 17.1. The third kappa shape index (κ3) is 40.9. The fraction of sp³-hybridized carbons (Fsp3) is 0.250. The Bertz CT molecular complexity index is 688. The topological polar surface area (TPSA) is 268 Å². The molecule has 0 spiro atoms. The summed E-state index contributed by atoms with van der Waals surface area (Å²) in [5.41, 5.74) is 1.76. The Morgan fingerprint density at radius 1 is 0.697 bits per heavy atom. The fourth-order valence-electron chi connectivity index (χ4n) is 1.44. The van der Waals surface area contributed by atoms with E-state index in [0.29, 0.717) is 13.1 Å². The van der Waals surface area contributed by atoms with Gasteiger partial charge in [-0.15, -0.1) is 20.5 Å². The molecule has 0 saturated heterocycles. The second kappa shape index (κ2) is 19.5. The van der Waals surface area contributed by atoms with Gasteiger partial charge in [-0.3, -0.25) is 19.6 Å². The first-order valence-corrected chi connectivity index (χ1v) is 10.6. The number of hydrogen-bond acceptors (Lipinski definition) is 12. The van der Waals surface area contributed by atoms with Crippen LogP contribution in [0.1, 0.15) is 25.2 Å². The van der Waals surface area contributed by atoms with Gasteiger partial charge in [-0.25, -0.2) is 37.3 Å². The van der Waals surface area contributed by atoms with Crippen LogP contribution in [0.15, 0.2) is 48.8 Å². The molecule has 17 heteroatoms. The number of carbonyl (C=O) groups is 2. The fourth-order valence-corrected chi connectivity index (χ4v) is 1.44. The van der Waals surface area contributed by atoms with Crippen LogP contribution in [0.25, 0.3) is 0 Å². The normalized spacial score (nSPS) is 9.76. The molecule has 33 heavy (non-hydrogen) atoms. The molecule has 0 bridgehead atoms. The van der Waals surface area contributed by atoms with Crippen molar-refractivity contribution in [2.24, 2.45) is 0 Å². The Hall–Kier alpha value is -1.98. The number of aromatic nitrogens is 2. The van der Waals surface area contributed by atoms with Gasteiger partial charge in [0.15, 0.2) is 0 Å². The van der Waals surface area contributed by atoms with Crippen LogP contribution >= 0.6 is 0 Å². The number of nitrogens with one attached hydrogen (secondary N) is 2. The monoisotopic (exact) mass is 561 g/mol. The Morgan fingerprint density at radius 3 is 1.15 bits per heavy atom. The molecule has 189 valence electrons. The summed E-state index contributed by atoms with van der Waals surface area (Å²) in [4.78, 5) is 29.0. The molecule has 2 N–H and O–H groups in total. The van der Waals surface area contributed by atoms with Crippen LogP contribution in [0.3, 0.4) is 0 Å². The van der Waals surface area contributed by atoms with E-state index in [-0.39, 0.29) is 28.9 Å². The van der Waals surface area contributed by atoms with Crippen LogP contribution in [-0.2, 0) is 39.7 Å². The second-order valence-corrected chi connectivity index (χ2v) is 6.73. The summed E-state index contributed by atoms with van der Waals surface area (Å²) in [5, 5.41) is 5.32. The summed E-state index contributed by atoms with van der Waals surface area (Å²) in [6.07, 6.45) is 3.41. The molecule has 0 atom stereocenters. The predicted octanol–water partition coefficient (Wildman–Crippen LogP) is -8.08. The average Bonchev–Trinajstić information content (AvgIpc) is 2.64.